The van der Waals surface area contributed by atoms with Gasteiger partial charge in [0.05, 0.1) is 7.11 Å². The van der Waals surface area contributed by atoms with E-state index < -0.39 is 6.35 Å². The lowest BCUT2D eigenvalue weighted by Gasteiger charge is -2.50. The number of rotatable bonds is 3. The summed E-state index contributed by atoms with van der Waals surface area (Å²) in [6.07, 6.45) is 1.23. The highest BCUT2D eigenvalue weighted by molar-refractivity contribution is 7.11. The summed E-state index contributed by atoms with van der Waals surface area (Å²) in [7, 11) is 1.95. The summed E-state index contributed by atoms with van der Waals surface area (Å²) in [5.41, 5.74) is 3.68. The molecule has 142 valence electrons. The van der Waals surface area contributed by atoms with Gasteiger partial charge < -0.3 is 4.28 Å². The van der Waals surface area contributed by atoms with Gasteiger partial charge in [0, 0.05) is 6.42 Å². The third-order valence-corrected chi connectivity index (χ3v) is 5.70. The zero-order chi connectivity index (χ0) is 19.7. The van der Waals surface area contributed by atoms with Gasteiger partial charge in [0.25, 0.3) is 0 Å². The van der Waals surface area contributed by atoms with E-state index in [4.69, 9.17) is 0 Å². The quantitative estimate of drug-likeness (QED) is 0.469. The second-order valence-electron chi connectivity index (χ2n) is 7.24. The van der Waals surface area contributed by atoms with E-state index in [1.807, 2.05) is 7.11 Å². The van der Waals surface area contributed by atoms with Crippen molar-refractivity contribution >= 4 is 22.7 Å². The first-order chi connectivity index (χ1) is 13.5. The van der Waals surface area contributed by atoms with E-state index >= 15 is 0 Å². The minimum absolute atomic E-state index is 0.303. The summed E-state index contributed by atoms with van der Waals surface area (Å²) < 4.78 is 44.1. The van der Waals surface area contributed by atoms with Gasteiger partial charge >= 0.3 is 6.35 Å². The van der Waals surface area contributed by atoms with Crippen LogP contribution in [-0.4, -0.2) is 20.1 Å². The SMILES string of the molecule is C[O+]1CCC=C(c2ccc(F)cc2)[B-]1(c1ccc(F)cc1)c1ccc(F)cc1. The Bertz CT molecular complexity index is 950. The van der Waals surface area contributed by atoms with E-state index in [-0.39, 0.29) is 17.5 Å². The normalized spacial score (nSPS) is 16.6. The van der Waals surface area contributed by atoms with Crippen molar-refractivity contribution in [2.24, 2.45) is 0 Å². The van der Waals surface area contributed by atoms with Crippen molar-refractivity contribution in [3.63, 3.8) is 0 Å². The van der Waals surface area contributed by atoms with Crippen LogP contribution in [-0.2, 0) is 4.28 Å². The molecule has 1 aliphatic heterocycles. The average Bonchev–Trinajstić information content (AvgIpc) is 2.70. The summed E-state index contributed by atoms with van der Waals surface area (Å²) in [5.74, 6) is -0.933. The Kier molecular flexibility index (Phi) is 4.86. The summed E-state index contributed by atoms with van der Waals surface area (Å²) in [4.78, 5) is 0. The van der Waals surface area contributed by atoms with Gasteiger partial charge in [-0.05, 0) is 36.4 Å². The molecule has 0 atom stereocenters. The first kappa shape index (κ1) is 18.6. The maximum absolute atomic E-state index is 13.7. The Hall–Kier alpha value is -2.79. The Labute approximate surface area is 162 Å². The first-order valence-corrected chi connectivity index (χ1v) is 9.28. The molecule has 0 N–H and O–H groups in total. The van der Waals surface area contributed by atoms with Crippen molar-refractivity contribution < 1.29 is 17.5 Å². The molecule has 1 nitrogen and oxygen atoms in total. The molecule has 0 saturated carbocycles. The highest BCUT2D eigenvalue weighted by Gasteiger charge is 2.47. The highest BCUT2D eigenvalue weighted by atomic mass is 19.1. The van der Waals surface area contributed by atoms with Gasteiger partial charge in [-0.3, -0.25) is 0 Å². The van der Waals surface area contributed by atoms with Gasteiger partial charge in [0.1, 0.15) is 24.1 Å². The summed E-state index contributed by atoms with van der Waals surface area (Å²) in [6, 6.07) is 19.2. The van der Waals surface area contributed by atoms with Crippen LogP contribution in [0.1, 0.15) is 12.0 Å². The van der Waals surface area contributed by atoms with E-state index in [1.165, 1.54) is 36.4 Å². The number of halogens is 3. The van der Waals surface area contributed by atoms with Gasteiger partial charge in [0.15, 0.2) is 0 Å². The fourth-order valence-corrected chi connectivity index (χ4v) is 4.44. The Morgan fingerprint density at radius 3 is 1.57 bits per heavy atom. The van der Waals surface area contributed by atoms with Crippen LogP contribution in [0.2, 0.25) is 0 Å². The van der Waals surface area contributed by atoms with Gasteiger partial charge in [-0.1, -0.05) is 42.0 Å². The minimum Gasteiger partial charge on any atom is -0.662 e. The van der Waals surface area contributed by atoms with Crippen LogP contribution in [0.4, 0.5) is 13.2 Å². The molecular weight excluding hydrogens is 360 g/mol. The zero-order valence-corrected chi connectivity index (χ0v) is 15.5. The van der Waals surface area contributed by atoms with Gasteiger partial charge in [-0.15, -0.1) is 22.5 Å². The van der Waals surface area contributed by atoms with Gasteiger partial charge in [-0.25, -0.2) is 13.2 Å². The van der Waals surface area contributed by atoms with E-state index in [9.17, 15) is 13.2 Å². The topological polar surface area (TPSA) is 2.70 Å². The molecule has 0 spiro atoms. The predicted octanol–water partition coefficient (Wildman–Crippen LogP) is 4.37. The smallest absolute Gasteiger partial charge is 0.377 e. The summed E-state index contributed by atoms with van der Waals surface area (Å²) in [5, 5.41) is 0. The molecule has 1 aliphatic rings. The molecule has 5 heteroatoms. The molecule has 0 saturated heterocycles. The van der Waals surface area contributed by atoms with Gasteiger partial charge in [0.2, 0.25) is 0 Å². The Morgan fingerprint density at radius 2 is 1.11 bits per heavy atom. The second kappa shape index (κ2) is 7.32. The monoisotopic (exact) mass is 380 g/mol. The number of benzene rings is 3. The second-order valence-corrected chi connectivity index (χ2v) is 7.24. The van der Waals surface area contributed by atoms with Crippen molar-refractivity contribution in [2.45, 2.75) is 6.42 Å². The highest BCUT2D eigenvalue weighted by Crippen LogP contribution is 2.34. The van der Waals surface area contributed by atoms with Crippen molar-refractivity contribution in [2.75, 3.05) is 13.7 Å². The van der Waals surface area contributed by atoms with Gasteiger partial charge in [-0.2, -0.15) is 0 Å². The van der Waals surface area contributed by atoms with E-state index in [0.717, 1.165) is 35.0 Å². The van der Waals surface area contributed by atoms with Crippen LogP contribution >= 0.6 is 0 Å². The molecule has 1 heterocycles. The van der Waals surface area contributed by atoms with Crippen LogP contribution in [0, 0.1) is 17.5 Å². The van der Waals surface area contributed by atoms with E-state index in [1.54, 1.807) is 36.4 Å². The largest absolute Gasteiger partial charge is 0.662 e. The Balaban J connectivity index is 2.01. The van der Waals surface area contributed by atoms with Crippen LogP contribution in [0.25, 0.3) is 5.47 Å². The van der Waals surface area contributed by atoms with Crippen molar-refractivity contribution in [1.82, 2.24) is 0 Å². The van der Waals surface area contributed by atoms with Crippen LogP contribution < -0.4 is 10.9 Å². The van der Waals surface area contributed by atoms with Crippen molar-refractivity contribution in [1.29, 1.82) is 0 Å². The van der Waals surface area contributed by atoms with E-state index in [0.29, 0.717) is 0 Å². The standard InChI is InChI=1S/C23H20BF3O/c1-28-16-2-3-23(17-4-10-20(25)11-5-17)24(28,18-6-12-21(26)13-7-18)19-8-14-22(27)15-9-19/h3-15H,2,16H2,1H3. The fourth-order valence-electron chi connectivity index (χ4n) is 4.44. The molecule has 0 radical (unpaired) electrons. The fraction of sp³-hybridized carbons (Fsp3) is 0.130. The third kappa shape index (κ3) is 3.06. The van der Waals surface area contributed by atoms with Crippen LogP contribution in [0.5, 0.6) is 0 Å². The predicted molar refractivity (Wildman–Crippen MR) is 109 cm³/mol. The third-order valence-electron chi connectivity index (χ3n) is 5.70. The van der Waals surface area contributed by atoms with Crippen LogP contribution in [0.3, 0.4) is 0 Å². The van der Waals surface area contributed by atoms with E-state index in [2.05, 4.69) is 10.4 Å². The van der Waals surface area contributed by atoms with Crippen molar-refractivity contribution in [3.8, 4) is 0 Å². The molecule has 0 bridgehead atoms. The lowest BCUT2D eigenvalue weighted by molar-refractivity contribution is 0.0566. The molecule has 0 unspecified atom stereocenters. The minimum atomic E-state index is -1.72. The lowest BCUT2D eigenvalue weighted by atomic mass is 9.26. The maximum atomic E-state index is 13.7. The molecule has 0 fully saturated rings. The maximum Gasteiger partial charge on any atom is 0.377 e. The number of hydrogen-bond acceptors (Lipinski definition) is 0. The average molecular weight is 380 g/mol. The molecular formula is C23H20BF3O. The Morgan fingerprint density at radius 1 is 0.679 bits per heavy atom. The molecule has 3 aromatic carbocycles. The first-order valence-electron chi connectivity index (χ1n) is 9.28. The van der Waals surface area contributed by atoms with Crippen molar-refractivity contribution in [3.05, 3.63) is 102 Å². The van der Waals surface area contributed by atoms with Crippen LogP contribution in [0.15, 0.2) is 78.9 Å². The molecule has 3 aromatic rings. The molecule has 0 aromatic heterocycles. The summed E-state index contributed by atoms with van der Waals surface area (Å²) >= 11 is 0. The molecule has 28 heavy (non-hydrogen) atoms. The molecule has 4 rings (SSSR count). The molecule has 0 aliphatic carbocycles. The number of hydrogen-bond donors (Lipinski definition) is 0. The zero-order valence-electron chi connectivity index (χ0n) is 15.5. The molecule has 0 amide bonds. The summed E-state index contributed by atoms with van der Waals surface area (Å²) in [6.45, 7) is 0.722. The lowest BCUT2D eigenvalue weighted by Crippen LogP contribution is -2.67.